The van der Waals surface area contributed by atoms with Crippen molar-refractivity contribution in [1.82, 2.24) is 9.88 Å². The van der Waals surface area contributed by atoms with Crippen molar-refractivity contribution in [2.24, 2.45) is 0 Å². The highest BCUT2D eigenvalue weighted by Crippen LogP contribution is 2.27. The topological polar surface area (TPSA) is 33.2 Å². The number of benzene rings is 1. The monoisotopic (exact) mass is 346 g/mol. The molecule has 23 heavy (non-hydrogen) atoms. The minimum Gasteiger partial charge on any atom is -0.334 e. The summed E-state index contributed by atoms with van der Waals surface area (Å²) < 4.78 is 13.0. The third kappa shape index (κ3) is 3.33. The highest BCUT2D eigenvalue weighted by atomic mass is 32.1. The fourth-order valence-corrected chi connectivity index (χ4v) is 3.72. The molecule has 118 valence electrons. The zero-order valence-electron chi connectivity index (χ0n) is 12.7. The van der Waals surface area contributed by atoms with E-state index in [0.717, 1.165) is 16.1 Å². The number of rotatable bonds is 4. The highest BCUT2D eigenvalue weighted by molar-refractivity contribution is 7.14. The van der Waals surface area contributed by atoms with Gasteiger partial charge in [-0.25, -0.2) is 9.37 Å². The molecule has 0 N–H and O–H groups in total. The Hall–Kier alpha value is -2.05. The van der Waals surface area contributed by atoms with Crippen LogP contribution < -0.4 is 0 Å². The van der Waals surface area contributed by atoms with Crippen molar-refractivity contribution >= 4 is 28.6 Å². The van der Waals surface area contributed by atoms with Crippen LogP contribution in [0.25, 0.3) is 10.6 Å². The van der Waals surface area contributed by atoms with Crippen molar-refractivity contribution in [3.63, 3.8) is 0 Å². The summed E-state index contributed by atoms with van der Waals surface area (Å²) in [6.07, 6.45) is 0. The van der Waals surface area contributed by atoms with Gasteiger partial charge >= 0.3 is 0 Å². The van der Waals surface area contributed by atoms with Gasteiger partial charge in [0.25, 0.3) is 5.91 Å². The van der Waals surface area contributed by atoms with Gasteiger partial charge in [0.05, 0.1) is 6.04 Å². The van der Waals surface area contributed by atoms with Gasteiger partial charge in [-0.3, -0.25) is 4.79 Å². The molecule has 0 unspecified atom stereocenters. The van der Waals surface area contributed by atoms with Gasteiger partial charge < -0.3 is 4.90 Å². The lowest BCUT2D eigenvalue weighted by atomic mass is 10.1. The maximum absolute atomic E-state index is 13.0. The normalized spacial score (nSPS) is 12.1. The zero-order valence-corrected chi connectivity index (χ0v) is 14.3. The van der Waals surface area contributed by atoms with Crippen molar-refractivity contribution in [3.05, 3.63) is 63.5 Å². The van der Waals surface area contributed by atoms with Crippen LogP contribution in [0.15, 0.2) is 46.5 Å². The number of amides is 1. The molecule has 0 fully saturated rings. The molecule has 3 nitrogen and oxygen atoms in total. The first kappa shape index (κ1) is 15.8. The zero-order chi connectivity index (χ0) is 16.4. The quantitative estimate of drug-likeness (QED) is 0.677. The van der Waals surface area contributed by atoms with E-state index in [-0.39, 0.29) is 17.8 Å². The molecule has 0 bridgehead atoms. The Morgan fingerprint density at radius 1 is 1.22 bits per heavy atom. The van der Waals surface area contributed by atoms with Gasteiger partial charge in [0.15, 0.2) is 0 Å². The van der Waals surface area contributed by atoms with Gasteiger partial charge in [-0.1, -0.05) is 12.1 Å². The maximum atomic E-state index is 13.0. The number of thiazole rings is 1. The molecule has 1 aromatic carbocycles. The molecule has 0 aliphatic heterocycles. The molecule has 2 heterocycles. The Kier molecular flexibility index (Phi) is 4.54. The minimum atomic E-state index is -0.283. The van der Waals surface area contributed by atoms with Crippen LogP contribution in [0.5, 0.6) is 0 Å². The number of hydrogen-bond acceptors (Lipinski definition) is 4. The van der Waals surface area contributed by atoms with Crippen LogP contribution in [0.4, 0.5) is 4.39 Å². The highest BCUT2D eigenvalue weighted by Gasteiger charge is 2.21. The van der Waals surface area contributed by atoms with Gasteiger partial charge in [0.1, 0.15) is 16.5 Å². The summed E-state index contributed by atoms with van der Waals surface area (Å²) in [7, 11) is 1.74. The van der Waals surface area contributed by atoms with Crippen LogP contribution in [0.2, 0.25) is 0 Å². The molecule has 6 heteroatoms. The van der Waals surface area contributed by atoms with Gasteiger partial charge in [-0.2, -0.15) is 11.3 Å². The number of hydrogen-bond donors (Lipinski definition) is 0. The Bertz CT molecular complexity index is 796. The average Bonchev–Trinajstić information content (AvgIpc) is 3.24. The number of carbonyl (C=O) groups excluding carboxylic acids is 1. The molecule has 1 amide bonds. The molecule has 0 saturated heterocycles. The lowest BCUT2D eigenvalue weighted by Gasteiger charge is -2.24. The summed E-state index contributed by atoms with van der Waals surface area (Å²) in [5.74, 6) is -0.422. The lowest BCUT2D eigenvalue weighted by molar-refractivity contribution is 0.0737. The van der Waals surface area contributed by atoms with Gasteiger partial charge in [-0.05, 0) is 36.1 Å². The number of thiophene rings is 1. The molecule has 1 atom stereocenters. The van der Waals surface area contributed by atoms with E-state index in [1.807, 2.05) is 23.8 Å². The summed E-state index contributed by atoms with van der Waals surface area (Å²) in [6, 6.07) is 8.03. The molecule has 0 saturated carbocycles. The van der Waals surface area contributed by atoms with Crippen LogP contribution >= 0.6 is 22.7 Å². The SMILES string of the molecule is C[C@H](c1ccc(F)cc1)N(C)C(=O)c1csc(-c2ccsc2)n1. The van der Waals surface area contributed by atoms with Crippen LogP contribution in [-0.4, -0.2) is 22.8 Å². The van der Waals surface area contributed by atoms with E-state index in [1.165, 1.54) is 23.5 Å². The maximum Gasteiger partial charge on any atom is 0.273 e. The third-order valence-electron chi connectivity index (χ3n) is 3.75. The second kappa shape index (κ2) is 6.60. The predicted molar refractivity (Wildman–Crippen MR) is 92.3 cm³/mol. The first-order valence-corrected chi connectivity index (χ1v) is 8.89. The van der Waals surface area contributed by atoms with E-state index in [0.29, 0.717) is 5.69 Å². The van der Waals surface area contributed by atoms with Crippen molar-refractivity contribution < 1.29 is 9.18 Å². The third-order valence-corrected chi connectivity index (χ3v) is 5.32. The summed E-state index contributed by atoms with van der Waals surface area (Å²) in [6.45, 7) is 1.91. The minimum absolute atomic E-state index is 0.139. The van der Waals surface area contributed by atoms with E-state index < -0.39 is 0 Å². The number of nitrogens with zero attached hydrogens (tertiary/aromatic N) is 2. The lowest BCUT2D eigenvalue weighted by Crippen LogP contribution is -2.29. The fourth-order valence-electron chi connectivity index (χ4n) is 2.21. The van der Waals surface area contributed by atoms with Gasteiger partial charge in [0, 0.05) is 23.4 Å². The molecule has 2 aromatic heterocycles. The summed E-state index contributed by atoms with van der Waals surface area (Å²) in [4.78, 5) is 18.7. The molecule has 3 aromatic rings. The largest absolute Gasteiger partial charge is 0.334 e. The van der Waals surface area contributed by atoms with E-state index in [4.69, 9.17) is 0 Å². The van der Waals surface area contributed by atoms with Crippen LogP contribution in [-0.2, 0) is 0 Å². The first-order chi connectivity index (χ1) is 11.1. The van der Waals surface area contributed by atoms with Crippen LogP contribution in [0.1, 0.15) is 29.0 Å². The summed E-state index contributed by atoms with van der Waals surface area (Å²) in [5, 5.41) is 6.62. The van der Waals surface area contributed by atoms with Gasteiger partial charge in [-0.15, -0.1) is 11.3 Å². The number of halogens is 1. The smallest absolute Gasteiger partial charge is 0.273 e. The average molecular weight is 346 g/mol. The standard InChI is InChI=1S/C17H15FN2OS2/c1-11(12-3-5-14(18)6-4-12)20(2)17(21)15-10-23-16(19-15)13-7-8-22-9-13/h3-11H,1-2H3/t11-/m1/s1. The Balaban J connectivity index is 1.78. The van der Waals surface area contributed by atoms with Crippen molar-refractivity contribution in [3.8, 4) is 10.6 Å². The molecule has 3 rings (SSSR count). The summed E-state index contributed by atoms with van der Waals surface area (Å²) in [5.41, 5.74) is 2.36. The molecule has 0 aliphatic rings. The first-order valence-electron chi connectivity index (χ1n) is 7.07. The second-order valence-corrected chi connectivity index (χ2v) is 6.83. The Labute approximate surface area is 142 Å². The van der Waals surface area contributed by atoms with Crippen LogP contribution in [0.3, 0.4) is 0 Å². The molecule has 0 aliphatic carbocycles. The molecular weight excluding hydrogens is 331 g/mol. The summed E-state index contributed by atoms with van der Waals surface area (Å²) >= 11 is 3.06. The number of carbonyl (C=O) groups is 1. The molecular formula is C17H15FN2OS2. The molecule has 0 spiro atoms. The van der Waals surface area contributed by atoms with E-state index in [1.54, 1.807) is 40.8 Å². The van der Waals surface area contributed by atoms with Crippen molar-refractivity contribution in [2.75, 3.05) is 7.05 Å². The Morgan fingerprint density at radius 2 is 1.96 bits per heavy atom. The van der Waals surface area contributed by atoms with Crippen molar-refractivity contribution in [1.29, 1.82) is 0 Å². The van der Waals surface area contributed by atoms with Crippen LogP contribution in [0, 0.1) is 5.82 Å². The van der Waals surface area contributed by atoms with E-state index >= 15 is 0 Å². The van der Waals surface area contributed by atoms with Crippen molar-refractivity contribution in [2.45, 2.75) is 13.0 Å². The van der Waals surface area contributed by atoms with Gasteiger partial charge in [0.2, 0.25) is 0 Å². The van der Waals surface area contributed by atoms with E-state index in [9.17, 15) is 9.18 Å². The second-order valence-electron chi connectivity index (χ2n) is 5.19. The molecule has 0 radical (unpaired) electrons. The van der Waals surface area contributed by atoms with E-state index in [2.05, 4.69) is 4.98 Å². The fraction of sp³-hybridized carbons (Fsp3) is 0.176. The predicted octanol–water partition coefficient (Wildman–Crippen LogP) is 4.84. The Morgan fingerprint density at radius 3 is 2.61 bits per heavy atom. The number of aromatic nitrogens is 1.